The second kappa shape index (κ2) is 8.57. The number of hydrogen-bond acceptors (Lipinski definition) is 4. The monoisotopic (exact) mass is 368 g/mol. The molecular weight excluding hydrogens is 350 g/mol. The molecule has 2 amide bonds. The zero-order valence-electron chi connectivity index (χ0n) is 13.7. The predicted octanol–water partition coefficient (Wildman–Crippen LogP) is 2.73. The fourth-order valence-corrected chi connectivity index (χ4v) is 2.58. The largest absolute Gasteiger partial charge is 0.488 e. The Morgan fingerprint density at radius 2 is 1.96 bits per heavy atom. The van der Waals surface area contributed by atoms with Crippen molar-refractivity contribution in [2.75, 3.05) is 6.61 Å². The van der Waals surface area contributed by atoms with Crippen LogP contribution in [0.2, 0.25) is 0 Å². The highest BCUT2D eigenvalue weighted by molar-refractivity contribution is 7.12. The number of amides is 2. The Morgan fingerprint density at radius 3 is 2.60 bits per heavy atom. The first kappa shape index (κ1) is 18.9. The third-order valence-electron chi connectivity index (χ3n) is 3.26. The summed E-state index contributed by atoms with van der Waals surface area (Å²) in [4.78, 5) is 24.5. The number of ether oxygens (including phenoxy) is 1. The van der Waals surface area contributed by atoms with Crippen LogP contribution in [-0.2, 0) is 4.79 Å². The van der Waals surface area contributed by atoms with E-state index in [0.29, 0.717) is 4.88 Å². The first-order chi connectivity index (χ1) is 11.9. The van der Waals surface area contributed by atoms with E-state index in [0.717, 1.165) is 12.1 Å². The summed E-state index contributed by atoms with van der Waals surface area (Å²) < 4.78 is 31.5. The molecule has 0 unspecified atom stereocenters. The van der Waals surface area contributed by atoms with Crippen molar-refractivity contribution >= 4 is 23.2 Å². The van der Waals surface area contributed by atoms with E-state index in [1.807, 2.05) is 0 Å². The Labute approximate surface area is 148 Å². The lowest BCUT2D eigenvalue weighted by molar-refractivity contribution is -0.123. The molecule has 2 atom stereocenters. The van der Waals surface area contributed by atoms with Gasteiger partial charge in [0.25, 0.3) is 5.91 Å². The third kappa shape index (κ3) is 5.53. The molecule has 1 aromatic heterocycles. The molecule has 0 spiro atoms. The van der Waals surface area contributed by atoms with Crippen molar-refractivity contribution < 1.29 is 23.1 Å². The Balaban J connectivity index is 1.79. The van der Waals surface area contributed by atoms with E-state index in [4.69, 9.17) is 4.74 Å². The number of halogens is 2. The summed E-state index contributed by atoms with van der Waals surface area (Å²) in [6, 6.07) is 5.24. The van der Waals surface area contributed by atoms with Gasteiger partial charge in [-0.1, -0.05) is 6.07 Å². The molecule has 2 N–H and O–H groups in total. The molecule has 25 heavy (non-hydrogen) atoms. The fourth-order valence-electron chi connectivity index (χ4n) is 1.96. The Hall–Kier alpha value is -2.48. The lowest BCUT2D eigenvalue weighted by Crippen LogP contribution is -2.48. The van der Waals surface area contributed by atoms with Crippen molar-refractivity contribution in [3.05, 3.63) is 52.2 Å². The Kier molecular flexibility index (Phi) is 6.46. The van der Waals surface area contributed by atoms with Gasteiger partial charge in [0.2, 0.25) is 5.91 Å². The minimum absolute atomic E-state index is 0.000116. The molecule has 134 valence electrons. The van der Waals surface area contributed by atoms with Gasteiger partial charge in [0.15, 0.2) is 11.6 Å². The average Bonchev–Trinajstić information content (AvgIpc) is 3.08. The first-order valence-electron chi connectivity index (χ1n) is 7.59. The van der Waals surface area contributed by atoms with Gasteiger partial charge in [-0.3, -0.25) is 9.59 Å². The van der Waals surface area contributed by atoms with Crippen LogP contribution in [-0.4, -0.2) is 30.5 Å². The summed E-state index contributed by atoms with van der Waals surface area (Å²) in [6.07, 6.45) is 0. The van der Waals surface area contributed by atoms with Crippen LogP contribution in [0.15, 0.2) is 35.7 Å². The van der Waals surface area contributed by atoms with E-state index in [1.54, 1.807) is 31.4 Å². The van der Waals surface area contributed by atoms with Crippen LogP contribution in [0.3, 0.4) is 0 Å². The number of rotatable bonds is 7. The Morgan fingerprint density at radius 1 is 1.20 bits per heavy atom. The van der Waals surface area contributed by atoms with Gasteiger partial charge < -0.3 is 15.4 Å². The molecule has 0 radical (unpaired) electrons. The highest BCUT2D eigenvalue weighted by atomic mass is 32.1. The molecule has 0 aliphatic rings. The van der Waals surface area contributed by atoms with Crippen LogP contribution in [0.5, 0.6) is 5.75 Å². The van der Waals surface area contributed by atoms with E-state index < -0.39 is 23.7 Å². The lowest BCUT2D eigenvalue weighted by Gasteiger charge is -2.19. The molecule has 2 rings (SSSR count). The van der Waals surface area contributed by atoms with Gasteiger partial charge in [-0.05, 0) is 37.4 Å². The third-order valence-corrected chi connectivity index (χ3v) is 4.13. The maximum Gasteiger partial charge on any atom is 0.261 e. The molecule has 8 heteroatoms. The molecule has 0 aliphatic carbocycles. The van der Waals surface area contributed by atoms with Gasteiger partial charge in [-0.2, -0.15) is 0 Å². The highest BCUT2D eigenvalue weighted by Gasteiger charge is 2.19. The standard InChI is InChI=1S/C17H18F2N2O3S/c1-10(9-24-14-6-5-12(18)8-13(14)19)20-16(22)11(2)21-17(23)15-4-3-7-25-15/h3-8,10-11H,9H2,1-2H3,(H,20,22)(H,21,23)/t10-,11-/m0/s1. The summed E-state index contributed by atoms with van der Waals surface area (Å²) in [6.45, 7) is 3.24. The number of hydrogen-bond donors (Lipinski definition) is 2. The quantitative estimate of drug-likeness (QED) is 0.790. The number of nitrogens with one attached hydrogen (secondary N) is 2. The lowest BCUT2D eigenvalue weighted by atomic mass is 10.2. The summed E-state index contributed by atoms with van der Waals surface area (Å²) in [5.41, 5.74) is 0. The minimum Gasteiger partial charge on any atom is -0.488 e. The molecule has 2 aromatic rings. The van der Waals surface area contributed by atoms with Gasteiger partial charge in [0.05, 0.1) is 10.9 Å². The van der Waals surface area contributed by atoms with Crippen LogP contribution >= 0.6 is 11.3 Å². The topological polar surface area (TPSA) is 67.4 Å². The first-order valence-corrected chi connectivity index (χ1v) is 8.47. The van der Waals surface area contributed by atoms with Crippen molar-refractivity contribution in [3.8, 4) is 5.75 Å². The molecule has 1 heterocycles. The molecule has 0 saturated carbocycles. The van der Waals surface area contributed by atoms with Crippen molar-refractivity contribution in [3.63, 3.8) is 0 Å². The smallest absolute Gasteiger partial charge is 0.261 e. The maximum absolute atomic E-state index is 13.5. The second-order valence-corrected chi connectivity index (χ2v) is 6.42. The average molecular weight is 368 g/mol. The maximum atomic E-state index is 13.5. The van der Waals surface area contributed by atoms with Gasteiger partial charge in [-0.15, -0.1) is 11.3 Å². The summed E-state index contributed by atoms with van der Waals surface area (Å²) in [5, 5.41) is 7.02. The van der Waals surface area contributed by atoms with Crippen LogP contribution in [0, 0.1) is 11.6 Å². The van der Waals surface area contributed by atoms with Crippen molar-refractivity contribution in [1.29, 1.82) is 0 Å². The van der Waals surface area contributed by atoms with Crippen molar-refractivity contribution in [2.24, 2.45) is 0 Å². The SMILES string of the molecule is C[C@H](NC(=O)c1cccs1)C(=O)N[C@@H](C)COc1ccc(F)cc1F. The Bertz CT molecular complexity index is 737. The van der Waals surface area contributed by atoms with E-state index in [9.17, 15) is 18.4 Å². The molecule has 5 nitrogen and oxygen atoms in total. The number of carbonyl (C=O) groups is 2. The van der Waals surface area contributed by atoms with E-state index in [1.165, 1.54) is 17.4 Å². The number of carbonyl (C=O) groups excluding carboxylic acids is 2. The van der Waals surface area contributed by atoms with E-state index in [-0.39, 0.29) is 24.2 Å². The molecule has 0 fully saturated rings. The van der Waals surface area contributed by atoms with E-state index >= 15 is 0 Å². The molecule has 0 saturated heterocycles. The summed E-state index contributed by atoms with van der Waals surface area (Å²) in [7, 11) is 0. The van der Waals surface area contributed by atoms with Crippen molar-refractivity contribution in [2.45, 2.75) is 25.9 Å². The zero-order chi connectivity index (χ0) is 18.4. The normalized spacial score (nSPS) is 13.0. The zero-order valence-corrected chi connectivity index (χ0v) is 14.5. The molecule has 1 aromatic carbocycles. The van der Waals surface area contributed by atoms with Crippen LogP contribution in [0.1, 0.15) is 23.5 Å². The number of thiophene rings is 1. The van der Waals surface area contributed by atoms with Crippen molar-refractivity contribution in [1.82, 2.24) is 10.6 Å². The van der Waals surface area contributed by atoms with E-state index in [2.05, 4.69) is 10.6 Å². The second-order valence-electron chi connectivity index (χ2n) is 5.47. The van der Waals surface area contributed by atoms with Gasteiger partial charge in [-0.25, -0.2) is 8.78 Å². The fraction of sp³-hybridized carbons (Fsp3) is 0.294. The molecule has 0 aliphatic heterocycles. The summed E-state index contributed by atoms with van der Waals surface area (Å²) in [5.74, 6) is -2.31. The minimum atomic E-state index is -0.810. The highest BCUT2D eigenvalue weighted by Crippen LogP contribution is 2.17. The van der Waals surface area contributed by atoms with Crippen LogP contribution in [0.25, 0.3) is 0 Å². The van der Waals surface area contributed by atoms with Crippen LogP contribution in [0.4, 0.5) is 8.78 Å². The number of benzene rings is 1. The molecular formula is C17H18F2N2O3S. The van der Waals surface area contributed by atoms with Gasteiger partial charge in [0.1, 0.15) is 18.5 Å². The van der Waals surface area contributed by atoms with Gasteiger partial charge >= 0.3 is 0 Å². The molecule has 0 bridgehead atoms. The van der Waals surface area contributed by atoms with Gasteiger partial charge in [0, 0.05) is 6.07 Å². The predicted molar refractivity (Wildman–Crippen MR) is 90.7 cm³/mol. The summed E-state index contributed by atoms with van der Waals surface area (Å²) >= 11 is 1.28. The van der Waals surface area contributed by atoms with Crippen LogP contribution < -0.4 is 15.4 Å².